The summed E-state index contributed by atoms with van der Waals surface area (Å²) in [6.45, 7) is 6.87. The molecule has 0 unspecified atom stereocenters. The summed E-state index contributed by atoms with van der Waals surface area (Å²) in [7, 11) is 0. The van der Waals surface area contributed by atoms with Crippen molar-refractivity contribution in [1.82, 2.24) is 0 Å². The van der Waals surface area contributed by atoms with Crippen molar-refractivity contribution in [3.8, 4) is 0 Å². The number of rotatable bonds is 17. The quantitative estimate of drug-likeness (QED) is 0.146. The summed E-state index contributed by atoms with van der Waals surface area (Å²) in [6, 6.07) is 0. The molecule has 132 valence electrons. The Balaban J connectivity index is 2.97. The van der Waals surface area contributed by atoms with E-state index in [1.807, 2.05) is 0 Å². The minimum absolute atomic E-state index is 0.488. The van der Waals surface area contributed by atoms with Crippen LogP contribution in [0, 0.1) is 5.92 Å². The van der Waals surface area contributed by atoms with Gasteiger partial charge in [0, 0.05) is 10.1 Å². The van der Waals surface area contributed by atoms with Crippen molar-refractivity contribution in [3.05, 3.63) is 12.3 Å². The van der Waals surface area contributed by atoms with Crippen LogP contribution in [0.15, 0.2) is 12.3 Å². The standard InChI is InChI=1S/C17H34O5/c1-4-15-18-20-22-21-19-16-13-11-9-7-5-6-8-10-12-14-17(2)3/h4,15,17H,5-14,16H2,1-3H3. The van der Waals surface area contributed by atoms with Gasteiger partial charge in [-0.25, -0.2) is 4.89 Å². The van der Waals surface area contributed by atoms with Gasteiger partial charge in [-0.15, -0.1) is 0 Å². The molecule has 5 heteroatoms. The predicted molar refractivity (Wildman–Crippen MR) is 86.1 cm³/mol. The summed E-state index contributed by atoms with van der Waals surface area (Å²) >= 11 is 0. The van der Waals surface area contributed by atoms with Crippen molar-refractivity contribution in [1.29, 1.82) is 0 Å². The normalized spacial score (nSPS) is 11.6. The van der Waals surface area contributed by atoms with E-state index in [9.17, 15) is 0 Å². The Hall–Kier alpha value is -0.620. The average Bonchev–Trinajstić information content (AvgIpc) is 2.50. The third-order valence-electron chi connectivity index (χ3n) is 3.34. The maximum Gasteiger partial charge on any atom is 0.128 e. The second-order valence-electron chi connectivity index (χ2n) is 5.96. The van der Waals surface area contributed by atoms with Crippen LogP contribution in [-0.2, 0) is 24.9 Å². The molecule has 22 heavy (non-hydrogen) atoms. The van der Waals surface area contributed by atoms with E-state index in [2.05, 4.69) is 33.8 Å². The molecule has 0 bridgehead atoms. The van der Waals surface area contributed by atoms with Crippen molar-refractivity contribution in [3.63, 3.8) is 0 Å². The van der Waals surface area contributed by atoms with E-state index in [-0.39, 0.29) is 0 Å². The number of unbranched alkanes of at least 4 members (excludes halogenated alkanes) is 8. The molecule has 0 amide bonds. The first-order valence-electron chi connectivity index (χ1n) is 8.66. The summed E-state index contributed by atoms with van der Waals surface area (Å²) in [5, 5.41) is 12.6. The van der Waals surface area contributed by atoms with Crippen LogP contribution < -0.4 is 0 Å². The molecule has 0 aliphatic carbocycles. The van der Waals surface area contributed by atoms with Crippen molar-refractivity contribution >= 4 is 0 Å². The van der Waals surface area contributed by atoms with Gasteiger partial charge < -0.3 is 4.89 Å². The van der Waals surface area contributed by atoms with E-state index in [0.29, 0.717) is 6.61 Å². The van der Waals surface area contributed by atoms with E-state index in [1.165, 1.54) is 57.6 Å². The second-order valence-corrected chi connectivity index (χ2v) is 5.96. The van der Waals surface area contributed by atoms with Crippen molar-refractivity contribution in [2.24, 2.45) is 5.92 Å². The minimum Gasteiger partial charge on any atom is -0.314 e. The molecule has 0 N–H and O–H groups in total. The zero-order chi connectivity index (χ0) is 16.3. The largest absolute Gasteiger partial charge is 0.314 e. The highest BCUT2D eigenvalue weighted by molar-refractivity contribution is 4.62. The van der Waals surface area contributed by atoms with E-state index >= 15 is 0 Å². The lowest BCUT2D eigenvalue weighted by molar-refractivity contribution is -0.700. The minimum atomic E-state index is 0.488. The first kappa shape index (κ1) is 21.4. The number of hydrogen-bond donors (Lipinski definition) is 0. The fraction of sp³-hybridized carbons (Fsp3) is 0.882. The molecule has 0 spiro atoms. The zero-order valence-corrected chi connectivity index (χ0v) is 14.6. The summed E-state index contributed by atoms with van der Waals surface area (Å²) in [4.78, 5) is 9.15. The zero-order valence-electron chi connectivity index (χ0n) is 14.6. The molecular formula is C17H34O5. The Labute approximate surface area is 135 Å². The van der Waals surface area contributed by atoms with Crippen molar-refractivity contribution in [2.45, 2.75) is 85.0 Å². The Kier molecular flexibility index (Phi) is 17.9. The molecule has 0 aromatic heterocycles. The van der Waals surface area contributed by atoms with Crippen LogP contribution in [0.1, 0.15) is 85.0 Å². The number of allylic oxidation sites excluding steroid dienone is 1. The van der Waals surface area contributed by atoms with Gasteiger partial charge in [0.1, 0.15) is 6.26 Å². The Morgan fingerprint density at radius 3 is 1.91 bits per heavy atom. The highest BCUT2D eigenvalue weighted by Crippen LogP contribution is 2.13. The van der Waals surface area contributed by atoms with Crippen molar-refractivity contribution < 1.29 is 24.9 Å². The molecule has 0 saturated carbocycles. The SMILES string of the molecule is CC=COOOOOCCCCCCCCCCCC(C)C. The fourth-order valence-electron chi connectivity index (χ4n) is 2.11. The Bertz CT molecular complexity index is 231. The molecule has 0 aliphatic rings. The van der Waals surface area contributed by atoms with E-state index in [0.717, 1.165) is 18.8 Å². The van der Waals surface area contributed by atoms with Gasteiger partial charge in [0.15, 0.2) is 0 Å². The molecule has 0 saturated heterocycles. The predicted octanol–water partition coefficient (Wildman–Crippen LogP) is 5.82. The molecule has 0 aromatic rings. The monoisotopic (exact) mass is 318 g/mol. The van der Waals surface area contributed by atoms with Crippen LogP contribution in [-0.4, -0.2) is 6.61 Å². The maximum atomic E-state index is 4.75. The number of hydrogen-bond acceptors (Lipinski definition) is 5. The van der Waals surface area contributed by atoms with Gasteiger partial charge in [-0.1, -0.05) is 71.6 Å². The molecule has 0 heterocycles. The van der Waals surface area contributed by atoms with Gasteiger partial charge in [0.25, 0.3) is 0 Å². The fourth-order valence-corrected chi connectivity index (χ4v) is 2.11. The molecule has 0 aromatic carbocycles. The first-order valence-corrected chi connectivity index (χ1v) is 8.66. The average molecular weight is 318 g/mol. The summed E-state index contributed by atoms with van der Waals surface area (Å²) in [5.74, 6) is 0.851. The van der Waals surface area contributed by atoms with Gasteiger partial charge in [-0.3, -0.25) is 0 Å². The molecule has 5 nitrogen and oxygen atoms in total. The van der Waals surface area contributed by atoms with Gasteiger partial charge in [0.05, 0.1) is 6.61 Å². The van der Waals surface area contributed by atoms with Crippen molar-refractivity contribution in [2.75, 3.05) is 6.61 Å². The van der Waals surface area contributed by atoms with E-state index in [4.69, 9.17) is 4.89 Å². The molecule has 0 radical (unpaired) electrons. The Morgan fingerprint density at radius 1 is 0.727 bits per heavy atom. The maximum absolute atomic E-state index is 4.75. The molecular weight excluding hydrogens is 284 g/mol. The lowest BCUT2D eigenvalue weighted by Gasteiger charge is -2.04. The Morgan fingerprint density at radius 2 is 1.32 bits per heavy atom. The van der Waals surface area contributed by atoms with Crippen LogP contribution >= 0.6 is 0 Å². The summed E-state index contributed by atoms with van der Waals surface area (Å²) in [6.07, 6.45) is 15.9. The van der Waals surface area contributed by atoms with Gasteiger partial charge in [-0.2, -0.15) is 0 Å². The lowest BCUT2D eigenvalue weighted by atomic mass is 10.0. The van der Waals surface area contributed by atoms with Gasteiger partial charge in [0.2, 0.25) is 0 Å². The third kappa shape index (κ3) is 19.4. The molecule has 0 aliphatic heterocycles. The van der Waals surface area contributed by atoms with Crippen LogP contribution in [0.4, 0.5) is 0 Å². The highest BCUT2D eigenvalue weighted by Gasteiger charge is 1.96. The van der Waals surface area contributed by atoms with E-state index in [1.54, 1.807) is 13.0 Å². The smallest absolute Gasteiger partial charge is 0.128 e. The molecule has 0 rings (SSSR count). The van der Waals surface area contributed by atoms with E-state index < -0.39 is 0 Å². The van der Waals surface area contributed by atoms with Gasteiger partial charge >= 0.3 is 0 Å². The highest BCUT2D eigenvalue weighted by atomic mass is 17.8. The topological polar surface area (TPSA) is 46.2 Å². The summed E-state index contributed by atoms with van der Waals surface area (Å²) in [5.41, 5.74) is 0. The van der Waals surface area contributed by atoms with Crippen LogP contribution in [0.5, 0.6) is 0 Å². The lowest BCUT2D eigenvalue weighted by Crippen LogP contribution is -1.99. The molecule has 0 atom stereocenters. The van der Waals surface area contributed by atoms with Crippen LogP contribution in [0.3, 0.4) is 0 Å². The van der Waals surface area contributed by atoms with Crippen LogP contribution in [0.2, 0.25) is 0 Å². The summed E-state index contributed by atoms with van der Waals surface area (Å²) < 4.78 is 0. The van der Waals surface area contributed by atoms with Crippen LogP contribution in [0.25, 0.3) is 0 Å². The second kappa shape index (κ2) is 18.4. The van der Waals surface area contributed by atoms with Gasteiger partial charge in [-0.05, 0) is 30.4 Å². The third-order valence-corrected chi connectivity index (χ3v) is 3.34. The first-order chi connectivity index (χ1) is 10.8. The molecule has 0 fully saturated rings.